The molecule has 0 saturated heterocycles. The largest absolute Gasteiger partial charge is 0.493 e. The summed E-state index contributed by atoms with van der Waals surface area (Å²) >= 11 is 6.26. The number of aromatic nitrogens is 1. The third-order valence-electron chi connectivity index (χ3n) is 8.64. The van der Waals surface area contributed by atoms with Gasteiger partial charge in [-0.05, 0) is 113 Å². The van der Waals surface area contributed by atoms with Gasteiger partial charge in [-0.1, -0.05) is 23.7 Å². The minimum atomic E-state index is -0.387. The molecule has 1 saturated carbocycles. The lowest BCUT2D eigenvalue weighted by Crippen LogP contribution is -2.41. The minimum Gasteiger partial charge on any atom is -0.493 e. The molecule has 1 aliphatic heterocycles. The average molecular weight is 591 g/mol. The minimum absolute atomic E-state index is 0.0201. The number of amides is 1. The van der Waals surface area contributed by atoms with Crippen molar-refractivity contribution in [2.45, 2.75) is 64.1 Å². The molecule has 1 aromatic heterocycles. The van der Waals surface area contributed by atoms with Crippen molar-refractivity contribution in [3.8, 4) is 11.5 Å². The smallest absolute Gasteiger partial charge is 0.233 e. The molecule has 1 atom stereocenters. The Morgan fingerprint density at radius 1 is 1.00 bits per heavy atom. The van der Waals surface area contributed by atoms with Crippen LogP contribution >= 0.6 is 11.6 Å². The number of carbonyl (C=O) groups excluding carboxylic acids is 1. The number of ether oxygens (including phenoxy) is 2. The van der Waals surface area contributed by atoms with E-state index in [9.17, 15) is 4.79 Å². The lowest BCUT2D eigenvalue weighted by Gasteiger charge is -2.37. The Morgan fingerprint density at radius 2 is 1.71 bits per heavy atom. The van der Waals surface area contributed by atoms with E-state index in [1.807, 2.05) is 67.4 Å². The maximum absolute atomic E-state index is 13.8. The summed E-state index contributed by atoms with van der Waals surface area (Å²) in [6.07, 6.45) is 7.11. The fraction of sp³-hybridized carbons (Fsp3) is 0.471. The first kappa shape index (κ1) is 30.2. The second-order valence-corrected chi connectivity index (χ2v) is 12.6. The molecule has 0 spiro atoms. The molecule has 8 heteroatoms. The predicted molar refractivity (Wildman–Crippen MR) is 170 cm³/mol. The van der Waals surface area contributed by atoms with Crippen molar-refractivity contribution in [1.29, 1.82) is 0 Å². The highest BCUT2D eigenvalue weighted by atomic mass is 35.5. The molecule has 2 heterocycles. The van der Waals surface area contributed by atoms with Gasteiger partial charge in [-0.15, -0.1) is 0 Å². The van der Waals surface area contributed by atoms with E-state index in [1.165, 1.54) is 25.7 Å². The van der Waals surface area contributed by atoms with Crippen molar-refractivity contribution < 1.29 is 14.3 Å². The monoisotopic (exact) mass is 590 g/mol. The quantitative estimate of drug-likeness (QED) is 0.274. The Balaban J connectivity index is 1.44. The zero-order valence-electron chi connectivity index (χ0n) is 25.6. The molecule has 224 valence electrons. The molecule has 5 rings (SSSR count). The molecule has 0 N–H and O–H groups in total. The zero-order valence-corrected chi connectivity index (χ0v) is 26.4. The van der Waals surface area contributed by atoms with E-state index < -0.39 is 0 Å². The van der Waals surface area contributed by atoms with Gasteiger partial charge in [-0.25, -0.2) is 4.98 Å². The van der Waals surface area contributed by atoms with E-state index >= 15 is 0 Å². The summed E-state index contributed by atoms with van der Waals surface area (Å²) in [5, 5.41) is 0.645. The van der Waals surface area contributed by atoms with Crippen molar-refractivity contribution in [1.82, 2.24) is 9.88 Å². The van der Waals surface area contributed by atoms with Gasteiger partial charge in [-0.3, -0.25) is 9.69 Å². The molecule has 1 fully saturated rings. The van der Waals surface area contributed by atoms with Crippen molar-refractivity contribution >= 4 is 29.0 Å². The molecule has 2 aliphatic rings. The first-order valence-corrected chi connectivity index (χ1v) is 15.3. The topological polar surface area (TPSA) is 58.1 Å². The number of fused-ring (bicyclic) bond motifs is 1. The fourth-order valence-corrected chi connectivity index (χ4v) is 6.50. The molecule has 3 aromatic rings. The number of hydrogen-bond donors (Lipinski definition) is 0. The van der Waals surface area contributed by atoms with Crippen LogP contribution in [0.25, 0.3) is 0 Å². The standard InChI is InChI=1S/C34H43ClN4O3/c1-22(2)42-31-19-29-25(17-30(31)41-6)18-33(40)39(34(29)24-9-11-26(35)12-10-24)32-16-15-28(20-36-32)38(5)21-23-7-13-27(14-8-23)37(3)4/h9-12,15-17,19-20,22-23,27,34H,7-8,13-14,18,21H2,1-6H3/t23-,27-,34-/m0/s1. The van der Waals surface area contributed by atoms with Gasteiger partial charge in [0.05, 0.1) is 37.6 Å². The predicted octanol–water partition coefficient (Wildman–Crippen LogP) is 6.77. The summed E-state index contributed by atoms with van der Waals surface area (Å²) in [5.41, 5.74) is 3.92. The molecule has 1 aliphatic carbocycles. The summed E-state index contributed by atoms with van der Waals surface area (Å²) in [6, 6.07) is 16.0. The summed E-state index contributed by atoms with van der Waals surface area (Å²) in [4.78, 5) is 25.1. The SMILES string of the molecule is COc1cc2c(cc1OC(C)C)[C@H](c1ccc(Cl)cc1)N(c1ccc(N(C)C[C@H]3CC[C@H](N(C)C)CC3)cn1)C(=O)C2. The van der Waals surface area contributed by atoms with Gasteiger partial charge in [0.2, 0.25) is 5.91 Å². The van der Waals surface area contributed by atoms with E-state index in [4.69, 9.17) is 26.1 Å². The Morgan fingerprint density at radius 3 is 2.31 bits per heavy atom. The van der Waals surface area contributed by atoms with Gasteiger partial charge in [-0.2, -0.15) is 0 Å². The highest BCUT2D eigenvalue weighted by Crippen LogP contribution is 2.43. The number of hydrogen-bond acceptors (Lipinski definition) is 6. The molecule has 1 amide bonds. The number of halogens is 1. The number of benzene rings is 2. The first-order valence-electron chi connectivity index (χ1n) is 14.9. The lowest BCUT2D eigenvalue weighted by molar-refractivity contribution is -0.118. The third kappa shape index (κ3) is 6.52. The molecule has 0 bridgehead atoms. The van der Waals surface area contributed by atoms with Gasteiger partial charge >= 0.3 is 0 Å². The van der Waals surface area contributed by atoms with Crippen LogP contribution in [0.1, 0.15) is 62.3 Å². The number of nitrogens with zero attached hydrogens (tertiary/aromatic N) is 4. The van der Waals surface area contributed by atoms with Gasteiger partial charge in [0.25, 0.3) is 0 Å². The van der Waals surface area contributed by atoms with E-state index in [0.29, 0.717) is 34.3 Å². The van der Waals surface area contributed by atoms with Crippen molar-refractivity contribution in [2.24, 2.45) is 5.92 Å². The van der Waals surface area contributed by atoms with Crippen LogP contribution in [0.5, 0.6) is 11.5 Å². The van der Waals surface area contributed by atoms with E-state index in [-0.39, 0.29) is 24.5 Å². The maximum atomic E-state index is 13.8. The van der Waals surface area contributed by atoms with Gasteiger partial charge in [0.15, 0.2) is 11.5 Å². The number of pyridine rings is 1. The molecule has 2 aromatic carbocycles. The Kier molecular flexibility index (Phi) is 9.28. The van der Waals surface area contributed by atoms with Crippen LogP contribution in [-0.4, -0.2) is 62.7 Å². The van der Waals surface area contributed by atoms with Crippen LogP contribution in [0.15, 0.2) is 54.7 Å². The molecule has 0 radical (unpaired) electrons. The van der Waals surface area contributed by atoms with Gasteiger partial charge in [0, 0.05) is 24.7 Å². The number of carbonyl (C=O) groups is 1. The zero-order chi connectivity index (χ0) is 30.0. The summed E-state index contributed by atoms with van der Waals surface area (Å²) in [7, 11) is 8.13. The first-order chi connectivity index (χ1) is 20.1. The van der Waals surface area contributed by atoms with E-state index in [0.717, 1.165) is 28.9 Å². The summed E-state index contributed by atoms with van der Waals surface area (Å²) in [6.45, 7) is 4.98. The Hall–Kier alpha value is -3.29. The normalized spacial score (nSPS) is 20.5. The highest BCUT2D eigenvalue weighted by molar-refractivity contribution is 6.30. The number of anilines is 2. The Bertz CT molecular complexity index is 1370. The molecular weight excluding hydrogens is 548 g/mol. The maximum Gasteiger partial charge on any atom is 0.233 e. The fourth-order valence-electron chi connectivity index (χ4n) is 6.38. The molecule has 42 heavy (non-hydrogen) atoms. The van der Waals surface area contributed by atoms with Crippen LogP contribution in [0.2, 0.25) is 5.02 Å². The highest BCUT2D eigenvalue weighted by Gasteiger charge is 2.37. The van der Waals surface area contributed by atoms with Gasteiger partial charge < -0.3 is 19.3 Å². The van der Waals surface area contributed by atoms with Crippen LogP contribution in [0.4, 0.5) is 11.5 Å². The molecule has 7 nitrogen and oxygen atoms in total. The van der Waals surface area contributed by atoms with Crippen LogP contribution in [0.3, 0.4) is 0 Å². The molecule has 0 unspecified atom stereocenters. The second-order valence-electron chi connectivity index (χ2n) is 12.2. The Labute approximate surface area is 255 Å². The number of methoxy groups -OCH3 is 1. The van der Waals surface area contributed by atoms with Crippen LogP contribution < -0.4 is 19.3 Å². The average Bonchev–Trinajstić information content (AvgIpc) is 2.97. The van der Waals surface area contributed by atoms with Crippen molar-refractivity contribution in [3.05, 3.63) is 76.4 Å². The van der Waals surface area contributed by atoms with Crippen LogP contribution in [0, 0.1) is 5.92 Å². The lowest BCUT2D eigenvalue weighted by atomic mass is 9.85. The number of rotatable bonds is 9. The summed E-state index contributed by atoms with van der Waals surface area (Å²) < 4.78 is 11.8. The van der Waals surface area contributed by atoms with E-state index in [1.54, 1.807) is 7.11 Å². The van der Waals surface area contributed by atoms with Crippen LogP contribution in [-0.2, 0) is 11.2 Å². The second kappa shape index (κ2) is 12.9. The van der Waals surface area contributed by atoms with E-state index in [2.05, 4.69) is 37.0 Å². The van der Waals surface area contributed by atoms with Crippen molar-refractivity contribution in [2.75, 3.05) is 44.6 Å². The molecular formula is C34H43ClN4O3. The van der Waals surface area contributed by atoms with Crippen molar-refractivity contribution in [3.63, 3.8) is 0 Å². The summed E-state index contributed by atoms with van der Waals surface area (Å²) in [5.74, 6) is 2.56. The third-order valence-corrected chi connectivity index (χ3v) is 8.89. The van der Waals surface area contributed by atoms with Gasteiger partial charge in [0.1, 0.15) is 5.82 Å².